The maximum Gasteiger partial charge on any atom is 0.195 e. The van der Waals surface area contributed by atoms with Gasteiger partial charge in [0.05, 0.1) is 0 Å². The van der Waals surface area contributed by atoms with E-state index in [9.17, 15) is 26.3 Å². The van der Waals surface area contributed by atoms with E-state index < -0.39 is 34.9 Å². The van der Waals surface area contributed by atoms with Crippen LogP contribution in [0.3, 0.4) is 0 Å². The van der Waals surface area contributed by atoms with Gasteiger partial charge < -0.3 is 0 Å². The van der Waals surface area contributed by atoms with Crippen LogP contribution in [0.25, 0.3) is 22.3 Å². The summed E-state index contributed by atoms with van der Waals surface area (Å²) in [5.41, 5.74) is -0.210. The molecule has 0 nitrogen and oxygen atoms in total. The Labute approximate surface area is 133 Å². The molecule has 0 N–H and O–H groups in total. The van der Waals surface area contributed by atoms with Gasteiger partial charge in [0, 0.05) is 11.1 Å². The van der Waals surface area contributed by atoms with Crippen molar-refractivity contribution in [2.75, 3.05) is 0 Å². The molecule has 0 bridgehead atoms. The molecule has 0 spiro atoms. The summed E-state index contributed by atoms with van der Waals surface area (Å²) in [6.45, 7) is 0. The van der Waals surface area contributed by atoms with Crippen molar-refractivity contribution in [1.82, 2.24) is 0 Å². The molecule has 3 aromatic carbocycles. The zero-order chi connectivity index (χ0) is 17.4. The van der Waals surface area contributed by atoms with Crippen molar-refractivity contribution < 1.29 is 26.3 Å². The van der Waals surface area contributed by atoms with Gasteiger partial charge >= 0.3 is 0 Å². The van der Waals surface area contributed by atoms with E-state index in [1.807, 2.05) is 0 Å². The Morgan fingerprint density at radius 1 is 0.458 bits per heavy atom. The van der Waals surface area contributed by atoms with Crippen LogP contribution < -0.4 is 0 Å². The SMILES string of the molecule is Fc1ccc(-c2cccc(-c3ccc(F)c(F)c3F)c2)c(F)c1F. The summed E-state index contributed by atoms with van der Waals surface area (Å²) in [4.78, 5) is 0. The van der Waals surface area contributed by atoms with E-state index in [1.54, 1.807) is 0 Å². The number of benzene rings is 3. The predicted molar refractivity (Wildman–Crippen MR) is 77.1 cm³/mol. The van der Waals surface area contributed by atoms with Crippen molar-refractivity contribution in [3.63, 3.8) is 0 Å². The van der Waals surface area contributed by atoms with Crippen molar-refractivity contribution in [3.05, 3.63) is 83.4 Å². The van der Waals surface area contributed by atoms with Crippen molar-refractivity contribution in [3.8, 4) is 22.3 Å². The minimum absolute atomic E-state index is 0.132. The highest BCUT2D eigenvalue weighted by atomic mass is 19.2. The van der Waals surface area contributed by atoms with Gasteiger partial charge in [-0.3, -0.25) is 0 Å². The molecular formula is C18H8F6. The third-order valence-electron chi connectivity index (χ3n) is 3.55. The van der Waals surface area contributed by atoms with Crippen molar-refractivity contribution in [2.45, 2.75) is 0 Å². The molecule has 0 fully saturated rings. The molecule has 0 radical (unpaired) electrons. The van der Waals surface area contributed by atoms with Crippen LogP contribution in [0.2, 0.25) is 0 Å². The smallest absolute Gasteiger partial charge is 0.195 e. The molecule has 0 saturated heterocycles. The van der Waals surface area contributed by atoms with Crippen LogP contribution >= 0.6 is 0 Å². The molecule has 24 heavy (non-hydrogen) atoms. The molecule has 0 unspecified atom stereocenters. The lowest BCUT2D eigenvalue weighted by Crippen LogP contribution is -1.96. The molecule has 0 atom stereocenters. The van der Waals surface area contributed by atoms with Gasteiger partial charge in [0.15, 0.2) is 34.9 Å². The Morgan fingerprint density at radius 2 is 0.875 bits per heavy atom. The highest BCUT2D eigenvalue weighted by molar-refractivity contribution is 5.73. The summed E-state index contributed by atoms with van der Waals surface area (Å²) < 4.78 is 80.5. The Hall–Kier alpha value is -2.76. The fourth-order valence-corrected chi connectivity index (χ4v) is 2.35. The Balaban J connectivity index is 2.15. The molecule has 0 aliphatic carbocycles. The summed E-state index contributed by atoms with van der Waals surface area (Å²) >= 11 is 0. The highest BCUT2D eigenvalue weighted by Gasteiger charge is 2.17. The second-order valence-electron chi connectivity index (χ2n) is 5.03. The molecule has 0 saturated carbocycles. The second kappa shape index (κ2) is 6.03. The first-order valence-electron chi connectivity index (χ1n) is 6.78. The molecule has 6 heteroatoms. The van der Waals surface area contributed by atoms with Crippen molar-refractivity contribution in [1.29, 1.82) is 0 Å². The molecule has 3 rings (SSSR count). The quantitative estimate of drug-likeness (QED) is 0.406. The van der Waals surface area contributed by atoms with Crippen molar-refractivity contribution in [2.24, 2.45) is 0 Å². The van der Waals surface area contributed by atoms with Crippen LogP contribution in [0.4, 0.5) is 26.3 Å². The van der Waals surface area contributed by atoms with Gasteiger partial charge in [-0.15, -0.1) is 0 Å². The largest absolute Gasteiger partial charge is 0.204 e. The zero-order valence-electron chi connectivity index (χ0n) is 11.9. The van der Waals surface area contributed by atoms with E-state index in [2.05, 4.69) is 0 Å². The van der Waals surface area contributed by atoms with Gasteiger partial charge in [-0.1, -0.05) is 18.2 Å². The molecule has 0 heterocycles. The third-order valence-corrected chi connectivity index (χ3v) is 3.55. The average molecular weight is 338 g/mol. The van der Waals surface area contributed by atoms with Gasteiger partial charge in [-0.05, 0) is 41.5 Å². The highest BCUT2D eigenvalue weighted by Crippen LogP contribution is 2.31. The summed E-state index contributed by atoms with van der Waals surface area (Å²) in [7, 11) is 0. The predicted octanol–water partition coefficient (Wildman–Crippen LogP) is 5.86. The average Bonchev–Trinajstić information content (AvgIpc) is 2.58. The fourth-order valence-electron chi connectivity index (χ4n) is 2.35. The summed E-state index contributed by atoms with van der Waals surface area (Å²) in [6.07, 6.45) is 0. The van der Waals surface area contributed by atoms with Crippen LogP contribution in [0.1, 0.15) is 0 Å². The number of hydrogen-bond donors (Lipinski definition) is 0. The zero-order valence-corrected chi connectivity index (χ0v) is 11.9. The number of rotatable bonds is 2. The Kier molecular flexibility index (Phi) is 4.05. The maximum absolute atomic E-state index is 13.9. The van der Waals surface area contributed by atoms with E-state index >= 15 is 0 Å². The van der Waals surface area contributed by atoms with Crippen molar-refractivity contribution >= 4 is 0 Å². The van der Waals surface area contributed by atoms with Gasteiger partial charge in [0.2, 0.25) is 0 Å². The van der Waals surface area contributed by atoms with E-state index in [0.29, 0.717) is 0 Å². The minimum atomic E-state index is -1.63. The molecule has 0 aliphatic heterocycles. The first kappa shape index (κ1) is 16.1. The molecular weight excluding hydrogens is 330 g/mol. The first-order chi connectivity index (χ1) is 11.4. The van der Waals surface area contributed by atoms with Gasteiger partial charge in [-0.2, -0.15) is 0 Å². The summed E-state index contributed by atoms with van der Waals surface area (Å²) in [5.74, 6) is -8.71. The summed E-state index contributed by atoms with van der Waals surface area (Å²) in [5, 5.41) is 0. The van der Waals surface area contributed by atoms with E-state index in [0.717, 1.165) is 24.3 Å². The molecule has 0 amide bonds. The molecule has 122 valence electrons. The van der Waals surface area contributed by atoms with Crippen LogP contribution in [0.15, 0.2) is 48.5 Å². The topological polar surface area (TPSA) is 0 Å². The lowest BCUT2D eigenvalue weighted by Gasteiger charge is -2.09. The monoisotopic (exact) mass is 338 g/mol. The number of hydrogen-bond acceptors (Lipinski definition) is 0. The van der Waals surface area contributed by atoms with E-state index in [-0.39, 0.29) is 22.3 Å². The Bertz CT molecular complexity index is 860. The summed E-state index contributed by atoms with van der Waals surface area (Å²) in [6, 6.07) is 9.08. The lowest BCUT2D eigenvalue weighted by molar-refractivity contribution is 0.449. The second-order valence-corrected chi connectivity index (χ2v) is 5.03. The van der Waals surface area contributed by atoms with Crippen LogP contribution in [-0.2, 0) is 0 Å². The van der Waals surface area contributed by atoms with Gasteiger partial charge in [0.25, 0.3) is 0 Å². The fraction of sp³-hybridized carbons (Fsp3) is 0. The first-order valence-corrected chi connectivity index (χ1v) is 6.78. The van der Waals surface area contributed by atoms with Gasteiger partial charge in [-0.25, -0.2) is 26.3 Å². The van der Waals surface area contributed by atoms with Crippen LogP contribution in [0, 0.1) is 34.9 Å². The third kappa shape index (κ3) is 2.64. The standard InChI is InChI=1S/C18H8F6/c19-13-6-4-11(15(21)17(13)23)9-2-1-3-10(8-9)12-5-7-14(20)18(24)16(12)22/h1-8H. The van der Waals surface area contributed by atoms with Gasteiger partial charge in [0.1, 0.15) is 0 Å². The van der Waals surface area contributed by atoms with Crippen LogP contribution in [-0.4, -0.2) is 0 Å². The van der Waals surface area contributed by atoms with E-state index in [1.165, 1.54) is 24.3 Å². The maximum atomic E-state index is 13.9. The Morgan fingerprint density at radius 3 is 1.29 bits per heavy atom. The number of halogens is 6. The molecule has 0 aliphatic rings. The molecule has 3 aromatic rings. The lowest BCUT2D eigenvalue weighted by atomic mass is 9.98. The van der Waals surface area contributed by atoms with E-state index in [4.69, 9.17) is 0 Å². The molecule has 0 aromatic heterocycles. The normalized spacial score (nSPS) is 10.9. The minimum Gasteiger partial charge on any atom is -0.204 e. The van der Waals surface area contributed by atoms with Crippen LogP contribution in [0.5, 0.6) is 0 Å².